The molecular weight excluding hydrogens is 328 g/mol. The Morgan fingerprint density at radius 2 is 1.88 bits per heavy atom. The molecule has 0 radical (unpaired) electrons. The summed E-state index contributed by atoms with van der Waals surface area (Å²) in [4.78, 5) is 0. The van der Waals surface area contributed by atoms with E-state index in [-0.39, 0.29) is 5.75 Å². The Morgan fingerprint density at radius 3 is 1.88 bits per heavy atom. The van der Waals surface area contributed by atoms with E-state index in [4.69, 9.17) is 0 Å². The van der Waals surface area contributed by atoms with Crippen LogP contribution in [-0.2, 0) is 11.1 Å². The van der Waals surface area contributed by atoms with Crippen LogP contribution >= 0.6 is 47.8 Å². The smallest absolute Gasteiger partial charge is 0.145 e. The highest BCUT2D eigenvalue weighted by Crippen LogP contribution is 2.33. The monoisotopic (exact) mass is 327 g/mol. The van der Waals surface area contributed by atoms with Crippen molar-refractivity contribution in [1.29, 1.82) is 0 Å². The third-order valence-corrected chi connectivity index (χ3v) is 2.90. The van der Waals surface area contributed by atoms with Crippen LogP contribution in [0.1, 0.15) is 0 Å². The van der Waals surface area contributed by atoms with Gasteiger partial charge in [0.2, 0.25) is 0 Å². The summed E-state index contributed by atoms with van der Waals surface area (Å²) in [5.74, 6) is -0.00694. The van der Waals surface area contributed by atoms with Gasteiger partial charge in [0.05, 0.1) is 0 Å². The first kappa shape index (κ1) is 9.55. The predicted octanol–water partition coefficient (Wildman–Crippen LogP) is 1.70. The fourth-order valence-electron chi connectivity index (χ4n) is 0.134. The second-order valence-electron chi connectivity index (χ2n) is 1.06. The molecule has 0 rings (SSSR count). The molecule has 0 aromatic heterocycles. The van der Waals surface area contributed by atoms with Crippen LogP contribution in [0.2, 0.25) is 0 Å². The fourth-order valence-corrected chi connectivity index (χ4v) is 2.08. The third kappa shape index (κ3) is 7.55. The first-order valence-electron chi connectivity index (χ1n) is 1.54. The van der Waals surface area contributed by atoms with E-state index in [2.05, 4.69) is 47.8 Å². The quantitative estimate of drug-likeness (QED) is 0.543. The Bertz CT molecular complexity index is 97.9. The van der Waals surface area contributed by atoms with E-state index in [1.165, 1.54) is 0 Å². The summed E-state index contributed by atoms with van der Waals surface area (Å²) in [6.45, 7) is 0. The largest absolute Gasteiger partial charge is 0.772 e. The van der Waals surface area contributed by atoms with Crippen molar-refractivity contribution >= 4 is 58.9 Å². The Kier molecular flexibility index (Phi) is 4.36. The SMILES string of the molecule is O=S([O-])CC(Br)(Br)Br. The van der Waals surface area contributed by atoms with E-state index in [0.29, 0.717) is 0 Å². The van der Waals surface area contributed by atoms with Gasteiger partial charge in [-0.05, 0) is 0 Å². The first-order chi connectivity index (χ1) is 3.42. The van der Waals surface area contributed by atoms with Gasteiger partial charge in [-0.3, -0.25) is 4.21 Å². The maximum Gasteiger partial charge on any atom is 0.145 e. The Hall–Kier alpha value is 1.55. The molecule has 0 amide bonds. The van der Waals surface area contributed by atoms with Gasteiger partial charge in [-0.2, -0.15) is 0 Å². The maximum absolute atomic E-state index is 9.92. The highest BCUT2D eigenvalue weighted by atomic mass is 80.0. The van der Waals surface area contributed by atoms with Crippen molar-refractivity contribution in [2.24, 2.45) is 0 Å². The van der Waals surface area contributed by atoms with Crippen molar-refractivity contribution in [3.05, 3.63) is 0 Å². The standard InChI is InChI=1S/C2H3Br3O2S/c3-2(4,5)1-8(6)7/h1H2,(H,6,7)/p-1. The van der Waals surface area contributed by atoms with Crippen molar-refractivity contribution in [3.8, 4) is 0 Å². The minimum absolute atomic E-state index is 0.00694. The summed E-state index contributed by atoms with van der Waals surface area (Å²) in [5.41, 5.74) is 0. The molecule has 0 saturated heterocycles. The van der Waals surface area contributed by atoms with Gasteiger partial charge < -0.3 is 4.55 Å². The molecule has 0 aliphatic rings. The van der Waals surface area contributed by atoms with Gasteiger partial charge in [-0.1, -0.05) is 58.9 Å². The van der Waals surface area contributed by atoms with Crippen LogP contribution < -0.4 is 0 Å². The van der Waals surface area contributed by atoms with E-state index < -0.39 is 13.2 Å². The number of hydrogen-bond acceptors (Lipinski definition) is 2. The molecule has 0 fully saturated rings. The molecule has 0 aromatic rings. The molecule has 0 aliphatic heterocycles. The number of alkyl halides is 3. The van der Waals surface area contributed by atoms with Crippen LogP contribution in [0.3, 0.4) is 0 Å². The van der Waals surface area contributed by atoms with Crippen molar-refractivity contribution in [2.45, 2.75) is 2.14 Å². The molecule has 0 bridgehead atoms. The number of rotatable bonds is 1. The molecule has 2 nitrogen and oxygen atoms in total. The second-order valence-corrected chi connectivity index (χ2v) is 9.21. The second kappa shape index (κ2) is 3.65. The van der Waals surface area contributed by atoms with Gasteiger partial charge in [0.15, 0.2) is 0 Å². The Balaban J connectivity index is 3.55. The normalized spacial score (nSPS) is 16.0. The van der Waals surface area contributed by atoms with Gasteiger partial charge in [-0.15, -0.1) is 0 Å². The zero-order valence-electron chi connectivity index (χ0n) is 3.57. The van der Waals surface area contributed by atoms with Gasteiger partial charge in [-0.25, -0.2) is 0 Å². The molecule has 0 spiro atoms. The molecule has 0 saturated carbocycles. The van der Waals surface area contributed by atoms with Crippen LogP contribution in [0, 0.1) is 0 Å². The third-order valence-electron chi connectivity index (χ3n) is 0.282. The first-order valence-corrected chi connectivity index (χ1v) is 5.17. The average molecular weight is 330 g/mol. The topological polar surface area (TPSA) is 40.1 Å². The number of hydrogen-bond donors (Lipinski definition) is 0. The van der Waals surface area contributed by atoms with E-state index in [1.807, 2.05) is 0 Å². The van der Waals surface area contributed by atoms with Crippen LogP contribution in [0.25, 0.3) is 0 Å². The van der Waals surface area contributed by atoms with E-state index in [0.717, 1.165) is 0 Å². The maximum atomic E-state index is 9.92. The lowest BCUT2D eigenvalue weighted by Crippen LogP contribution is -2.11. The lowest BCUT2D eigenvalue weighted by molar-refractivity contribution is 0.538. The van der Waals surface area contributed by atoms with Crippen LogP contribution in [-0.4, -0.2) is 16.7 Å². The van der Waals surface area contributed by atoms with Crippen LogP contribution in [0.15, 0.2) is 0 Å². The molecule has 50 valence electrons. The zero-order chi connectivity index (χ0) is 6.78. The van der Waals surface area contributed by atoms with Crippen molar-refractivity contribution < 1.29 is 8.76 Å². The van der Waals surface area contributed by atoms with Gasteiger partial charge >= 0.3 is 0 Å². The van der Waals surface area contributed by atoms with Crippen LogP contribution in [0.5, 0.6) is 0 Å². The van der Waals surface area contributed by atoms with E-state index >= 15 is 0 Å². The summed E-state index contributed by atoms with van der Waals surface area (Å²) in [5, 5.41) is 0. The van der Waals surface area contributed by atoms with Crippen molar-refractivity contribution in [1.82, 2.24) is 0 Å². The summed E-state index contributed by atoms with van der Waals surface area (Å²) in [6.07, 6.45) is 0. The lowest BCUT2D eigenvalue weighted by atomic mass is 11.0. The van der Waals surface area contributed by atoms with Crippen molar-refractivity contribution in [2.75, 3.05) is 5.75 Å². The van der Waals surface area contributed by atoms with Gasteiger partial charge in [0.25, 0.3) is 0 Å². The molecule has 6 heteroatoms. The molecule has 8 heavy (non-hydrogen) atoms. The van der Waals surface area contributed by atoms with Crippen LogP contribution in [0.4, 0.5) is 0 Å². The van der Waals surface area contributed by atoms with Gasteiger partial charge in [0.1, 0.15) is 2.14 Å². The molecular formula is C2H2Br3O2S-. The van der Waals surface area contributed by atoms with E-state index in [1.54, 1.807) is 0 Å². The number of halogens is 3. The summed E-state index contributed by atoms with van der Waals surface area (Å²) in [6, 6.07) is 0. The molecule has 0 aromatic carbocycles. The highest BCUT2D eigenvalue weighted by Gasteiger charge is 2.16. The van der Waals surface area contributed by atoms with Crippen molar-refractivity contribution in [3.63, 3.8) is 0 Å². The minimum Gasteiger partial charge on any atom is -0.772 e. The zero-order valence-corrected chi connectivity index (χ0v) is 9.14. The highest BCUT2D eigenvalue weighted by molar-refractivity contribution is 9.39. The molecule has 0 aliphatic carbocycles. The Labute approximate surface area is 75.1 Å². The summed E-state index contributed by atoms with van der Waals surface area (Å²) >= 11 is 7.03. The summed E-state index contributed by atoms with van der Waals surface area (Å²) in [7, 11) is 0. The molecule has 0 heterocycles. The Morgan fingerprint density at radius 1 is 1.50 bits per heavy atom. The fraction of sp³-hybridized carbons (Fsp3) is 1.00. The predicted molar refractivity (Wildman–Crippen MR) is 43.3 cm³/mol. The summed E-state index contributed by atoms with van der Waals surface area (Å²) < 4.78 is 19.2. The minimum atomic E-state index is -2.03. The average Bonchev–Trinajstić information content (AvgIpc) is 1.21. The molecule has 1 unspecified atom stereocenters. The molecule has 0 N–H and O–H groups in total. The molecule has 1 atom stereocenters. The lowest BCUT2D eigenvalue weighted by Gasteiger charge is -2.12. The van der Waals surface area contributed by atoms with E-state index in [9.17, 15) is 8.76 Å². The van der Waals surface area contributed by atoms with Gasteiger partial charge in [0, 0.05) is 5.75 Å².